The number of aromatic nitrogens is 4. The summed E-state index contributed by atoms with van der Waals surface area (Å²) in [5.74, 6) is -0.274. The molecular formula is C17H21N5O5. The van der Waals surface area contributed by atoms with Gasteiger partial charge >= 0.3 is 5.97 Å². The van der Waals surface area contributed by atoms with Crippen molar-refractivity contribution in [1.82, 2.24) is 24.9 Å². The topological polar surface area (TPSA) is 120 Å². The first kappa shape index (κ1) is 18.8. The third-order valence-corrected chi connectivity index (χ3v) is 4.20. The van der Waals surface area contributed by atoms with E-state index in [-0.39, 0.29) is 18.9 Å². The van der Waals surface area contributed by atoms with Crippen molar-refractivity contribution in [3.63, 3.8) is 0 Å². The number of ether oxygens (including phenoxy) is 2. The molecule has 1 atom stereocenters. The van der Waals surface area contributed by atoms with Crippen molar-refractivity contribution >= 4 is 11.9 Å². The van der Waals surface area contributed by atoms with Crippen LogP contribution >= 0.6 is 0 Å². The minimum atomic E-state index is -0.952. The maximum absolute atomic E-state index is 12.8. The van der Waals surface area contributed by atoms with Gasteiger partial charge in [0.05, 0.1) is 43.2 Å². The molecule has 2 aromatic heterocycles. The molecule has 10 nitrogen and oxygen atoms in total. The first-order valence-electron chi connectivity index (χ1n) is 8.63. The van der Waals surface area contributed by atoms with Gasteiger partial charge in [0, 0.05) is 19.2 Å². The number of rotatable bonds is 6. The van der Waals surface area contributed by atoms with Crippen molar-refractivity contribution in [3.8, 4) is 11.7 Å². The summed E-state index contributed by atoms with van der Waals surface area (Å²) >= 11 is 0. The molecule has 1 aliphatic heterocycles. The van der Waals surface area contributed by atoms with E-state index in [2.05, 4.69) is 15.3 Å². The van der Waals surface area contributed by atoms with E-state index in [0.717, 1.165) is 0 Å². The van der Waals surface area contributed by atoms with Crippen molar-refractivity contribution in [1.29, 1.82) is 0 Å². The smallest absolute Gasteiger partial charge is 0.306 e. The zero-order valence-corrected chi connectivity index (χ0v) is 15.2. The Morgan fingerprint density at radius 1 is 1.37 bits per heavy atom. The van der Waals surface area contributed by atoms with E-state index >= 15 is 0 Å². The number of aliphatic carboxylic acids is 1. The summed E-state index contributed by atoms with van der Waals surface area (Å²) in [6.07, 6.45) is 0.842. The van der Waals surface area contributed by atoms with Crippen LogP contribution in [0.25, 0.3) is 5.82 Å². The summed E-state index contributed by atoms with van der Waals surface area (Å²) in [4.78, 5) is 25.3. The monoisotopic (exact) mass is 375 g/mol. The molecule has 0 unspecified atom stereocenters. The van der Waals surface area contributed by atoms with Crippen molar-refractivity contribution < 1.29 is 24.2 Å². The van der Waals surface area contributed by atoms with Gasteiger partial charge in [-0.3, -0.25) is 9.59 Å². The van der Waals surface area contributed by atoms with Gasteiger partial charge in [-0.05, 0) is 19.9 Å². The first-order valence-corrected chi connectivity index (χ1v) is 8.63. The van der Waals surface area contributed by atoms with E-state index < -0.39 is 12.1 Å². The van der Waals surface area contributed by atoms with Crippen LogP contribution < -0.4 is 4.74 Å². The highest BCUT2D eigenvalue weighted by atomic mass is 16.5. The van der Waals surface area contributed by atoms with Crippen molar-refractivity contribution in [2.75, 3.05) is 26.3 Å². The summed E-state index contributed by atoms with van der Waals surface area (Å²) in [6, 6.07) is 3.40. The number of hydrogen-bond donors (Lipinski definition) is 1. The lowest BCUT2D eigenvalue weighted by Crippen LogP contribution is -2.46. The molecule has 0 saturated carbocycles. The Bertz CT molecular complexity index is 820. The van der Waals surface area contributed by atoms with E-state index in [9.17, 15) is 9.59 Å². The van der Waals surface area contributed by atoms with Crippen LogP contribution in [-0.2, 0) is 9.53 Å². The minimum absolute atomic E-state index is 0.135. The molecule has 0 bridgehead atoms. The van der Waals surface area contributed by atoms with Gasteiger partial charge in [0.15, 0.2) is 5.82 Å². The molecule has 1 aliphatic rings. The van der Waals surface area contributed by atoms with Crippen molar-refractivity contribution in [2.24, 2.45) is 0 Å². The van der Waals surface area contributed by atoms with Crippen LogP contribution in [0.4, 0.5) is 0 Å². The van der Waals surface area contributed by atoms with Gasteiger partial charge in [0.1, 0.15) is 0 Å². The van der Waals surface area contributed by atoms with E-state index in [1.54, 1.807) is 24.0 Å². The lowest BCUT2D eigenvalue weighted by atomic mass is 10.1. The quantitative estimate of drug-likeness (QED) is 0.783. The second kappa shape index (κ2) is 8.12. The Balaban J connectivity index is 1.76. The van der Waals surface area contributed by atoms with Crippen LogP contribution in [0.1, 0.15) is 29.4 Å². The number of nitrogens with zero attached hydrogens (tertiary/aromatic N) is 5. The number of carbonyl (C=O) groups is 2. The SMILES string of the molecule is CCOc1ccc(-n2ncc(C(=O)N3CCO[C@@H](CC(=O)O)C3)c2C)nn1. The number of amides is 1. The van der Waals surface area contributed by atoms with Gasteiger partial charge in [-0.1, -0.05) is 0 Å². The van der Waals surface area contributed by atoms with Crippen molar-refractivity contribution in [3.05, 3.63) is 29.6 Å². The van der Waals surface area contributed by atoms with Gasteiger partial charge in [0.2, 0.25) is 5.88 Å². The average molecular weight is 375 g/mol. The molecular weight excluding hydrogens is 354 g/mol. The molecule has 3 heterocycles. The van der Waals surface area contributed by atoms with Crippen LogP contribution in [0.15, 0.2) is 18.3 Å². The highest BCUT2D eigenvalue weighted by Gasteiger charge is 2.28. The molecule has 0 aliphatic carbocycles. The molecule has 10 heteroatoms. The van der Waals surface area contributed by atoms with Crippen LogP contribution in [0.5, 0.6) is 5.88 Å². The zero-order valence-electron chi connectivity index (χ0n) is 15.2. The third kappa shape index (κ3) is 4.22. The fourth-order valence-electron chi connectivity index (χ4n) is 2.89. The van der Waals surface area contributed by atoms with E-state index in [1.165, 1.54) is 10.9 Å². The summed E-state index contributed by atoms with van der Waals surface area (Å²) in [7, 11) is 0. The highest BCUT2D eigenvalue weighted by Crippen LogP contribution is 2.18. The van der Waals surface area contributed by atoms with Gasteiger partial charge < -0.3 is 19.5 Å². The lowest BCUT2D eigenvalue weighted by Gasteiger charge is -2.32. The Kier molecular flexibility index (Phi) is 5.65. The van der Waals surface area contributed by atoms with Gasteiger partial charge in [-0.25, -0.2) is 4.68 Å². The van der Waals surface area contributed by atoms with E-state index in [1.807, 2.05) is 6.92 Å². The van der Waals surface area contributed by atoms with Gasteiger partial charge in [0.25, 0.3) is 5.91 Å². The zero-order chi connectivity index (χ0) is 19.4. The minimum Gasteiger partial charge on any atom is -0.481 e. The second-order valence-corrected chi connectivity index (χ2v) is 6.06. The molecule has 0 aromatic carbocycles. The predicted octanol–water partition coefficient (Wildman–Crippen LogP) is 0.685. The molecule has 2 aromatic rings. The summed E-state index contributed by atoms with van der Waals surface area (Å²) in [5, 5.41) is 21.2. The first-order chi connectivity index (χ1) is 13.0. The molecule has 1 fully saturated rings. The Morgan fingerprint density at radius 3 is 2.85 bits per heavy atom. The summed E-state index contributed by atoms with van der Waals surface area (Å²) in [6.45, 7) is 5.07. The predicted molar refractivity (Wildman–Crippen MR) is 93.0 cm³/mol. The summed E-state index contributed by atoms with van der Waals surface area (Å²) < 4.78 is 12.2. The molecule has 27 heavy (non-hydrogen) atoms. The molecule has 0 radical (unpaired) electrons. The van der Waals surface area contributed by atoms with Crippen LogP contribution in [-0.4, -0.2) is 74.3 Å². The standard InChI is InChI=1S/C17H21N5O5/c1-3-26-15-5-4-14(19-20-15)22-11(2)13(9-18-22)17(25)21-6-7-27-12(10-21)8-16(23)24/h4-5,9,12H,3,6-8,10H2,1-2H3,(H,23,24)/t12-/m0/s1. The van der Waals surface area contributed by atoms with Crippen LogP contribution in [0, 0.1) is 6.92 Å². The maximum Gasteiger partial charge on any atom is 0.306 e. The number of carboxylic acid groups (broad SMARTS) is 1. The number of carbonyl (C=O) groups excluding carboxylic acids is 1. The molecule has 1 saturated heterocycles. The highest BCUT2D eigenvalue weighted by molar-refractivity contribution is 5.95. The van der Waals surface area contributed by atoms with Crippen LogP contribution in [0.3, 0.4) is 0 Å². The number of carboxylic acids is 1. The Labute approximate surface area is 155 Å². The largest absolute Gasteiger partial charge is 0.481 e. The maximum atomic E-state index is 12.8. The van der Waals surface area contributed by atoms with Gasteiger partial charge in [-0.2, -0.15) is 5.10 Å². The normalized spacial score (nSPS) is 17.0. The third-order valence-electron chi connectivity index (χ3n) is 4.20. The fourth-order valence-corrected chi connectivity index (χ4v) is 2.89. The fraction of sp³-hybridized carbons (Fsp3) is 0.471. The van der Waals surface area contributed by atoms with E-state index in [4.69, 9.17) is 14.6 Å². The molecule has 1 N–H and O–H groups in total. The Hall–Kier alpha value is -3.01. The van der Waals surface area contributed by atoms with Crippen molar-refractivity contribution in [2.45, 2.75) is 26.4 Å². The summed E-state index contributed by atoms with van der Waals surface area (Å²) in [5.41, 5.74) is 1.06. The lowest BCUT2D eigenvalue weighted by molar-refractivity contribution is -0.141. The van der Waals surface area contributed by atoms with Crippen LogP contribution in [0.2, 0.25) is 0 Å². The number of morpholine rings is 1. The molecule has 0 spiro atoms. The average Bonchev–Trinajstić information content (AvgIpc) is 3.03. The number of hydrogen-bond acceptors (Lipinski definition) is 7. The molecule has 1 amide bonds. The van der Waals surface area contributed by atoms with Gasteiger partial charge in [-0.15, -0.1) is 10.2 Å². The molecule has 3 rings (SSSR count). The second-order valence-electron chi connectivity index (χ2n) is 6.06. The van der Waals surface area contributed by atoms with E-state index in [0.29, 0.717) is 42.7 Å². The molecule has 144 valence electrons. The Morgan fingerprint density at radius 2 is 2.19 bits per heavy atom.